The second kappa shape index (κ2) is 4.94. The number of likely N-dealkylation sites (tertiary alicyclic amines) is 1. The number of halogens is 1. The molecule has 2 fully saturated rings. The lowest BCUT2D eigenvalue weighted by atomic mass is 10.2. The molecule has 2 aliphatic heterocycles. The smallest absolute Gasteiger partial charge is 0.0739 e. The summed E-state index contributed by atoms with van der Waals surface area (Å²) in [6, 6.07) is 0. The zero-order valence-electron chi connectivity index (χ0n) is 11.0. The number of hydrogen-bond acceptors (Lipinski definition) is 3. The Morgan fingerprint density at radius 3 is 2.61 bits per heavy atom. The van der Waals surface area contributed by atoms with E-state index in [4.69, 9.17) is 4.74 Å². The van der Waals surface area contributed by atoms with Gasteiger partial charge >= 0.3 is 0 Å². The van der Waals surface area contributed by atoms with E-state index in [0.717, 1.165) is 31.9 Å². The van der Waals surface area contributed by atoms with Gasteiger partial charge in [-0.25, -0.2) is 0 Å². The van der Waals surface area contributed by atoms with Gasteiger partial charge in [-0.2, -0.15) is 5.10 Å². The number of rotatable bonds is 3. The van der Waals surface area contributed by atoms with Crippen LogP contribution in [-0.2, 0) is 17.8 Å². The molecule has 4 nitrogen and oxygen atoms in total. The van der Waals surface area contributed by atoms with Crippen molar-refractivity contribution in [2.45, 2.75) is 52.0 Å². The van der Waals surface area contributed by atoms with Gasteiger partial charge in [0.15, 0.2) is 0 Å². The number of morpholine rings is 1. The first-order valence-electron chi connectivity index (χ1n) is 6.77. The highest BCUT2D eigenvalue weighted by Crippen LogP contribution is 2.29. The van der Waals surface area contributed by atoms with E-state index in [0.29, 0.717) is 12.2 Å². The van der Waals surface area contributed by atoms with Crippen molar-refractivity contribution < 1.29 is 4.74 Å². The molecule has 0 saturated carbocycles. The molecule has 5 heteroatoms. The van der Waals surface area contributed by atoms with Gasteiger partial charge in [-0.1, -0.05) is 0 Å². The first-order chi connectivity index (χ1) is 8.67. The molecule has 2 unspecified atom stereocenters. The number of hydrogen-bond donors (Lipinski definition) is 0. The number of aryl methyl sites for hydroxylation is 2. The van der Waals surface area contributed by atoms with E-state index in [1.54, 1.807) is 0 Å². The van der Waals surface area contributed by atoms with Crippen LogP contribution in [0.4, 0.5) is 0 Å². The minimum atomic E-state index is 0.460. The van der Waals surface area contributed by atoms with Gasteiger partial charge in [0.05, 0.1) is 28.1 Å². The monoisotopic (exact) mass is 313 g/mol. The molecule has 0 aromatic carbocycles. The van der Waals surface area contributed by atoms with Gasteiger partial charge in [-0.15, -0.1) is 0 Å². The van der Waals surface area contributed by atoms with Crippen molar-refractivity contribution in [1.29, 1.82) is 0 Å². The maximum atomic E-state index is 5.88. The summed E-state index contributed by atoms with van der Waals surface area (Å²) in [5.41, 5.74) is 2.39. The molecule has 100 valence electrons. The Balaban J connectivity index is 1.76. The molecule has 0 spiro atoms. The molecule has 2 saturated heterocycles. The third-order valence-corrected chi connectivity index (χ3v) is 4.98. The van der Waals surface area contributed by atoms with E-state index in [-0.39, 0.29) is 0 Å². The maximum Gasteiger partial charge on any atom is 0.0739 e. The fourth-order valence-corrected chi connectivity index (χ4v) is 3.47. The van der Waals surface area contributed by atoms with Crippen molar-refractivity contribution in [2.75, 3.05) is 13.1 Å². The SMILES string of the molecule is CCn1nc(C)c(Br)c1CN1CC2CCC(C1)O2. The molecule has 2 bridgehead atoms. The largest absolute Gasteiger partial charge is 0.372 e. The van der Waals surface area contributed by atoms with Crippen LogP contribution in [0.25, 0.3) is 0 Å². The van der Waals surface area contributed by atoms with Crippen molar-refractivity contribution >= 4 is 15.9 Å². The lowest BCUT2D eigenvalue weighted by Gasteiger charge is -2.32. The molecular weight excluding hydrogens is 294 g/mol. The third-order valence-electron chi connectivity index (χ3n) is 3.95. The van der Waals surface area contributed by atoms with Gasteiger partial charge < -0.3 is 4.74 Å². The maximum absolute atomic E-state index is 5.88. The highest BCUT2D eigenvalue weighted by Gasteiger charge is 2.34. The topological polar surface area (TPSA) is 30.3 Å². The van der Waals surface area contributed by atoms with E-state index in [1.807, 2.05) is 0 Å². The summed E-state index contributed by atoms with van der Waals surface area (Å²) in [6.07, 6.45) is 3.38. The zero-order valence-corrected chi connectivity index (χ0v) is 12.6. The van der Waals surface area contributed by atoms with Gasteiger partial charge in [0, 0.05) is 26.2 Å². The predicted octanol–water partition coefficient (Wildman–Crippen LogP) is 2.34. The van der Waals surface area contributed by atoms with Gasteiger partial charge in [0.2, 0.25) is 0 Å². The molecule has 1 aromatic heterocycles. The summed E-state index contributed by atoms with van der Waals surface area (Å²) in [7, 11) is 0. The summed E-state index contributed by atoms with van der Waals surface area (Å²) in [6.45, 7) is 8.24. The van der Waals surface area contributed by atoms with E-state index in [2.05, 4.69) is 44.5 Å². The van der Waals surface area contributed by atoms with Gasteiger partial charge in [0.1, 0.15) is 0 Å². The Hall–Kier alpha value is -0.390. The molecule has 0 amide bonds. The van der Waals surface area contributed by atoms with Gasteiger partial charge in [-0.05, 0) is 42.6 Å². The molecule has 0 N–H and O–H groups in total. The number of ether oxygens (including phenoxy) is 1. The molecule has 2 atom stereocenters. The lowest BCUT2D eigenvalue weighted by Crippen LogP contribution is -2.42. The highest BCUT2D eigenvalue weighted by molar-refractivity contribution is 9.10. The van der Waals surface area contributed by atoms with Crippen LogP contribution < -0.4 is 0 Å². The van der Waals surface area contributed by atoms with Crippen molar-refractivity contribution in [1.82, 2.24) is 14.7 Å². The molecule has 3 heterocycles. The van der Waals surface area contributed by atoms with Crippen LogP contribution in [0.5, 0.6) is 0 Å². The normalized spacial score (nSPS) is 27.9. The van der Waals surface area contributed by atoms with Crippen LogP contribution in [0.2, 0.25) is 0 Å². The molecule has 0 aliphatic carbocycles. The van der Waals surface area contributed by atoms with Crippen molar-refractivity contribution in [2.24, 2.45) is 0 Å². The van der Waals surface area contributed by atoms with Crippen LogP contribution in [0.3, 0.4) is 0 Å². The Labute approximate surface area is 116 Å². The van der Waals surface area contributed by atoms with Crippen molar-refractivity contribution in [3.05, 3.63) is 15.9 Å². The second-order valence-corrected chi connectivity index (χ2v) is 6.11. The lowest BCUT2D eigenvalue weighted by molar-refractivity contribution is -0.0418. The third kappa shape index (κ3) is 2.24. The average molecular weight is 314 g/mol. The van der Waals surface area contributed by atoms with Crippen molar-refractivity contribution in [3.8, 4) is 0 Å². The van der Waals surface area contributed by atoms with Crippen LogP contribution >= 0.6 is 15.9 Å². The average Bonchev–Trinajstić information content (AvgIpc) is 2.83. The fraction of sp³-hybridized carbons (Fsp3) is 0.769. The van der Waals surface area contributed by atoms with Gasteiger partial charge in [0.25, 0.3) is 0 Å². The molecular formula is C13H20BrN3O. The Morgan fingerprint density at radius 2 is 2.00 bits per heavy atom. The zero-order chi connectivity index (χ0) is 12.7. The number of aromatic nitrogens is 2. The van der Waals surface area contributed by atoms with E-state index >= 15 is 0 Å². The van der Waals surface area contributed by atoms with Crippen LogP contribution in [0, 0.1) is 6.92 Å². The summed E-state index contributed by atoms with van der Waals surface area (Å²) in [5.74, 6) is 0. The van der Waals surface area contributed by atoms with E-state index in [1.165, 1.54) is 23.0 Å². The minimum absolute atomic E-state index is 0.460. The van der Waals surface area contributed by atoms with Crippen LogP contribution in [0.1, 0.15) is 31.2 Å². The van der Waals surface area contributed by atoms with E-state index < -0.39 is 0 Å². The molecule has 3 rings (SSSR count). The fourth-order valence-electron chi connectivity index (χ4n) is 3.06. The molecule has 0 radical (unpaired) electrons. The molecule has 1 aromatic rings. The van der Waals surface area contributed by atoms with E-state index in [9.17, 15) is 0 Å². The van der Waals surface area contributed by atoms with Crippen molar-refractivity contribution in [3.63, 3.8) is 0 Å². The second-order valence-electron chi connectivity index (χ2n) is 5.31. The summed E-state index contributed by atoms with van der Waals surface area (Å²) in [4.78, 5) is 2.51. The predicted molar refractivity (Wildman–Crippen MR) is 73.5 cm³/mol. The summed E-state index contributed by atoms with van der Waals surface area (Å²) >= 11 is 3.67. The number of nitrogens with zero attached hydrogens (tertiary/aromatic N) is 3. The highest BCUT2D eigenvalue weighted by atomic mass is 79.9. The molecule has 2 aliphatic rings. The molecule has 18 heavy (non-hydrogen) atoms. The first kappa shape index (κ1) is 12.6. The van der Waals surface area contributed by atoms with Crippen LogP contribution in [-0.4, -0.2) is 40.0 Å². The Bertz CT molecular complexity index is 434. The Morgan fingerprint density at radius 1 is 1.33 bits per heavy atom. The summed E-state index contributed by atoms with van der Waals surface area (Å²) in [5, 5.41) is 4.56. The standard InChI is InChI=1S/C13H20BrN3O/c1-3-17-12(13(14)9(2)15-17)8-16-6-10-4-5-11(7-16)18-10/h10-11H,3-8H2,1-2H3. The summed E-state index contributed by atoms with van der Waals surface area (Å²) < 4.78 is 9.16. The first-order valence-corrected chi connectivity index (χ1v) is 7.56. The van der Waals surface area contributed by atoms with Gasteiger partial charge in [-0.3, -0.25) is 9.58 Å². The minimum Gasteiger partial charge on any atom is -0.372 e. The number of fused-ring (bicyclic) bond motifs is 2. The van der Waals surface area contributed by atoms with Crippen LogP contribution in [0.15, 0.2) is 4.47 Å². The Kier molecular flexibility index (Phi) is 3.47. The quantitative estimate of drug-likeness (QED) is 0.858.